The lowest BCUT2D eigenvalue weighted by atomic mass is 9.81. The SMILES string of the molecule is O=C(c1cccc(F)c1)N1CCC2(CC1)CC(N1CCCCC1)CCO2. The Labute approximate surface area is 155 Å². The number of carbonyl (C=O) groups excluding carboxylic acids is 1. The number of nitrogens with zero attached hydrogens (tertiary/aromatic N) is 2. The van der Waals surface area contributed by atoms with Gasteiger partial charge in [-0.3, -0.25) is 4.79 Å². The van der Waals surface area contributed by atoms with Crippen molar-refractivity contribution in [3.05, 3.63) is 35.6 Å². The van der Waals surface area contributed by atoms with Gasteiger partial charge >= 0.3 is 0 Å². The van der Waals surface area contributed by atoms with Crippen molar-refractivity contribution in [2.24, 2.45) is 0 Å². The summed E-state index contributed by atoms with van der Waals surface area (Å²) in [5.74, 6) is -0.424. The maximum Gasteiger partial charge on any atom is 0.253 e. The lowest BCUT2D eigenvalue weighted by Gasteiger charge is -2.49. The molecule has 142 valence electrons. The Hall–Kier alpha value is -1.46. The molecule has 1 atom stereocenters. The summed E-state index contributed by atoms with van der Waals surface area (Å²) >= 11 is 0. The third-order valence-corrected chi connectivity index (χ3v) is 6.41. The molecular formula is C21H29FN2O2. The standard InChI is InChI=1S/C21H29FN2O2/c22-18-6-4-5-17(15-18)20(25)24-12-8-21(9-13-24)16-19(7-14-26-21)23-10-2-1-3-11-23/h4-6,15,19H,1-3,7-14,16H2. The maximum absolute atomic E-state index is 13.4. The second-order valence-corrected chi connectivity index (χ2v) is 8.08. The predicted octanol–water partition coefficient (Wildman–Crippen LogP) is 3.47. The van der Waals surface area contributed by atoms with Crippen LogP contribution in [0.5, 0.6) is 0 Å². The van der Waals surface area contributed by atoms with Crippen molar-refractivity contribution < 1.29 is 13.9 Å². The fourth-order valence-electron chi connectivity index (χ4n) is 4.87. The zero-order chi connectivity index (χ0) is 18.0. The largest absolute Gasteiger partial charge is 0.375 e. The Balaban J connectivity index is 1.37. The number of likely N-dealkylation sites (tertiary alicyclic amines) is 2. The molecule has 4 rings (SSSR count). The van der Waals surface area contributed by atoms with E-state index in [1.54, 1.807) is 12.1 Å². The van der Waals surface area contributed by atoms with Gasteiger partial charge in [-0.15, -0.1) is 0 Å². The second-order valence-electron chi connectivity index (χ2n) is 8.08. The highest BCUT2D eigenvalue weighted by Crippen LogP contribution is 2.37. The molecule has 26 heavy (non-hydrogen) atoms. The minimum absolute atomic E-state index is 0.0669. The summed E-state index contributed by atoms with van der Waals surface area (Å²) in [5.41, 5.74) is 0.371. The highest BCUT2D eigenvalue weighted by atomic mass is 19.1. The molecule has 3 saturated heterocycles. The first-order valence-electron chi connectivity index (χ1n) is 10.1. The second kappa shape index (κ2) is 7.65. The van der Waals surface area contributed by atoms with E-state index in [1.807, 2.05) is 4.90 Å². The van der Waals surface area contributed by atoms with Crippen LogP contribution in [-0.2, 0) is 4.74 Å². The molecule has 0 aromatic heterocycles. The van der Waals surface area contributed by atoms with Crippen LogP contribution in [0, 0.1) is 5.82 Å². The van der Waals surface area contributed by atoms with Crippen LogP contribution in [0.1, 0.15) is 55.3 Å². The molecule has 0 bridgehead atoms. The normalized spacial score (nSPS) is 26.8. The minimum atomic E-state index is -0.357. The number of amides is 1. The monoisotopic (exact) mass is 360 g/mol. The molecule has 0 N–H and O–H groups in total. The Morgan fingerprint density at radius 2 is 1.88 bits per heavy atom. The van der Waals surface area contributed by atoms with Crippen LogP contribution in [0.25, 0.3) is 0 Å². The van der Waals surface area contributed by atoms with E-state index >= 15 is 0 Å². The van der Waals surface area contributed by atoms with Gasteiger partial charge in [0.05, 0.1) is 5.60 Å². The van der Waals surface area contributed by atoms with Crippen molar-refractivity contribution in [2.45, 2.75) is 56.6 Å². The molecule has 4 nitrogen and oxygen atoms in total. The van der Waals surface area contributed by atoms with Crippen LogP contribution in [0.4, 0.5) is 4.39 Å². The number of piperidine rings is 2. The number of rotatable bonds is 2. The quantitative estimate of drug-likeness (QED) is 0.810. The maximum atomic E-state index is 13.4. The molecule has 1 spiro atoms. The van der Waals surface area contributed by atoms with Gasteiger partial charge in [0.15, 0.2) is 0 Å². The average Bonchev–Trinajstić information content (AvgIpc) is 2.69. The van der Waals surface area contributed by atoms with Crippen molar-refractivity contribution in [2.75, 3.05) is 32.8 Å². The summed E-state index contributed by atoms with van der Waals surface area (Å²) in [6, 6.07) is 6.63. The van der Waals surface area contributed by atoms with Gasteiger partial charge in [0.1, 0.15) is 5.82 Å². The molecule has 1 aromatic carbocycles. The van der Waals surface area contributed by atoms with Gasteiger partial charge in [0.2, 0.25) is 0 Å². The zero-order valence-electron chi connectivity index (χ0n) is 15.5. The van der Waals surface area contributed by atoms with Gasteiger partial charge in [0.25, 0.3) is 5.91 Å². The van der Waals surface area contributed by atoms with E-state index in [2.05, 4.69) is 4.90 Å². The molecule has 3 heterocycles. The molecule has 1 amide bonds. The first-order valence-corrected chi connectivity index (χ1v) is 10.1. The number of halogens is 1. The third kappa shape index (κ3) is 3.79. The Morgan fingerprint density at radius 3 is 2.62 bits per heavy atom. The van der Waals surface area contributed by atoms with E-state index in [4.69, 9.17) is 4.74 Å². The number of hydrogen-bond acceptors (Lipinski definition) is 3. The van der Waals surface area contributed by atoms with Crippen LogP contribution >= 0.6 is 0 Å². The molecular weight excluding hydrogens is 331 g/mol. The smallest absolute Gasteiger partial charge is 0.253 e. The van der Waals surface area contributed by atoms with Gasteiger partial charge in [-0.2, -0.15) is 0 Å². The highest BCUT2D eigenvalue weighted by Gasteiger charge is 2.42. The Morgan fingerprint density at radius 1 is 1.12 bits per heavy atom. The minimum Gasteiger partial charge on any atom is -0.375 e. The lowest BCUT2D eigenvalue weighted by molar-refractivity contribution is -0.131. The molecule has 1 aromatic rings. The molecule has 0 saturated carbocycles. The summed E-state index contributed by atoms with van der Waals surface area (Å²) < 4.78 is 19.7. The van der Waals surface area contributed by atoms with Crippen LogP contribution in [0.3, 0.4) is 0 Å². The molecule has 0 radical (unpaired) electrons. The van der Waals surface area contributed by atoms with E-state index in [9.17, 15) is 9.18 Å². The summed E-state index contributed by atoms with van der Waals surface area (Å²) in [4.78, 5) is 17.2. The molecule has 1 unspecified atom stereocenters. The molecule has 3 aliphatic heterocycles. The fraction of sp³-hybridized carbons (Fsp3) is 0.667. The van der Waals surface area contributed by atoms with Crippen LogP contribution in [0.15, 0.2) is 24.3 Å². The summed E-state index contributed by atoms with van der Waals surface area (Å²) in [7, 11) is 0. The number of ether oxygens (including phenoxy) is 1. The lowest BCUT2D eigenvalue weighted by Crippen LogP contribution is -2.55. The topological polar surface area (TPSA) is 32.8 Å². The molecule has 3 aliphatic rings. The molecule has 5 heteroatoms. The first kappa shape index (κ1) is 17.9. The predicted molar refractivity (Wildman–Crippen MR) is 98.7 cm³/mol. The Bertz CT molecular complexity index is 637. The summed E-state index contributed by atoms with van der Waals surface area (Å²) in [5, 5.41) is 0. The molecule has 0 aliphatic carbocycles. The van der Waals surface area contributed by atoms with Crippen LogP contribution in [-0.4, -0.2) is 60.1 Å². The zero-order valence-corrected chi connectivity index (χ0v) is 15.5. The van der Waals surface area contributed by atoms with Gasteiger partial charge < -0.3 is 14.5 Å². The van der Waals surface area contributed by atoms with Crippen LogP contribution in [0.2, 0.25) is 0 Å². The summed E-state index contributed by atoms with van der Waals surface area (Å²) in [6.07, 6.45) is 8.00. The fourth-order valence-corrected chi connectivity index (χ4v) is 4.87. The molecule has 3 fully saturated rings. The average molecular weight is 360 g/mol. The number of benzene rings is 1. The van der Waals surface area contributed by atoms with Crippen molar-refractivity contribution in [1.82, 2.24) is 9.80 Å². The van der Waals surface area contributed by atoms with Crippen molar-refractivity contribution in [1.29, 1.82) is 0 Å². The van der Waals surface area contributed by atoms with Gasteiger partial charge in [-0.05, 0) is 69.8 Å². The van der Waals surface area contributed by atoms with Gasteiger partial charge in [-0.25, -0.2) is 4.39 Å². The third-order valence-electron chi connectivity index (χ3n) is 6.41. The van der Waals surface area contributed by atoms with Crippen LogP contribution < -0.4 is 0 Å². The highest BCUT2D eigenvalue weighted by molar-refractivity contribution is 5.94. The van der Waals surface area contributed by atoms with E-state index in [0.29, 0.717) is 24.7 Å². The first-order chi connectivity index (χ1) is 12.7. The van der Waals surface area contributed by atoms with E-state index in [-0.39, 0.29) is 17.3 Å². The van der Waals surface area contributed by atoms with Gasteiger partial charge in [0, 0.05) is 31.3 Å². The summed E-state index contributed by atoms with van der Waals surface area (Å²) in [6.45, 7) is 4.68. The van der Waals surface area contributed by atoms with E-state index < -0.39 is 0 Å². The Kier molecular flexibility index (Phi) is 5.28. The van der Waals surface area contributed by atoms with Gasteiger partial charge in [-0.1, -0.05) is 12.5 Å². The van der Waals surface area contributed by atoms with E-state index in [0.717, 1.165) is 32.3 Å². The van der Waals surface area contributed by atoms with Crippen molar-refractivity contribution >= 4 is 5.91 Å². The number of hydrogen-bond donors (Lipinski definition) is 0. The van der Waals surface area contributed by atoms with Crippen molar-refractivity contribution in [3.8, 4) is 0 Å². The van der Waals surface area contributed by atoms with Crippen molar-refractivity contribution in [3.63, 3.8) is 0 Å². The number of carbonyl (C=O) groups is 1. The van der Waals surface area contributed by atoms with E-state index in [1.165, 1.54) is 44.5 Å².